The minimum absolute atomic E-state index is 0.0254. The van der Waals surface area contributed by atoms with Crippen LogP contribution in [0.5, 0.6) is 0 Å². The van der Waals surface area contributed by atoms with Crippen molar-refractivity contribution in [2.75, 3.05) is 6.01 Å². The molecule has 1 fully saturated rings. The van der Waals surface area contributed by atoms with Gasteiger partial charge in [0.1, 0.15) is 5.82 Å². The van der Waals surface area contributed by atoms with E-state index in [1.807, 2.05) is 6.07 Å². The summed E-state index contributed by atoms with van der Waals surface area (Å²) in [5.74, 6) is -0.447. The summed E-state index contributed by atoms with van der Waals surface area (Å²) < 4.78 is 49.9. The average Bonchev–Trinajstić information content (AvgIpc) is 3.28. The lowest BCUT2D eigenvalue weighted by molar-refractivity contribution is 0.534. The fraction of sp³-hybridized carbons (Fsp3) is 0.300. The summed E-state index contributed by atoms with van der Waals surface area (Å²) >= 11 is 5.80. The van der Waals surface area contributed by atoms with Crippen LogP contribution in [0.1, 0.15) is 36.8 Å². The summed E-state index contributed by atoms with van der Waals surface area (Å²) in [6.07, 6.45) is 4.06. The van der Waals surface area contributed by atoms with Crippen molar-refractivity contribution in [1.82, 2.24) is 0 Å². The van der Waals surface area contributed by atoms with Gasteiger partial charge in [0.25, 0.3) is 0 Å². The highest BCUT2D eigenvalue weighted by molar-refractivity contribution is 7.91. The Balaban J connectivity index is 1.77. The number of alkyl halides is 1. The van der Waals surface area contributed by atoms with Crippen LogP contribution in [0.15, 0.2) is 47.4 Å². The van der Waals surface area contributed by atoms with Gasteiger partial charge in [-0.05, 0) is 77.6 Å². The zero-order valence-corrected chi connectivity index (χ0v) is 15.5. The number of allylic oxidation sites excluding steroid dienone is 2. The number of rotatable bonds is 4. The van der Waals surface area contributed by atoms with E-state index < -0.39 is 21.7 Å². The molecule has 2 nitrogen and oxygen atoms in total. The van der Waals surface area contributed by atoms with Crippen LogP contribution in [0.3, 0.4) is 0 Å². The van der Waals surface area contributed by atoms with Crippen LogP contribution in [-0.2, 0) is 9.84 Å². The largest absolute Gasteiger partial charge is 0.233 e. The van der Waals surface area contributed by atoms with Crippen LogP contribution >= 0.6 is 11.6 Å². The maximum atomic E-state index is 13.9. The highest BCUT2D eigenvalue weighted by atomic mass is 35.5. The monoisotopic (exact) mass is 394 g/mol. The topological polar surface area (TPSA) is 34.1 Å². The van der Waals surface area contributed by atoms with Gasteiger partial charge in [0, 0.05) is 0 Å². The SMILES string of the molecule is O=S(=O)(CF)c1ccc(C2=C(c3ccc(Cl)c(F)c3)CC3(CC3)C2)cc1. The summed E-state index contributed by atoms with van der Waals surface area (Å²) in [4.78, 5) is -0.0254. The van der Waals surface area contributed by atoms with Crippen molar-refractivity contribution >= 4 is 32.6 Å². The molecule has 2 aliphatic rings. The molecule has 0 N–H and O–H groups in total. The second-order valence-electron chi connectivity index (χ2n) is 7.19. The standard InChI is InChI=1S/C20H17ClF2O2S/c21-18-6-3-14(9-19(18)23)17-11-20(7-8-20)10-16(17)13-1-4-15(5-2-13)26(24,25)12-22/h1-6,9H,7-8,10-12H2. The van der Waals surface area contributed by atoms with Crippen molar-refractivity contribution in [3.8, 4) is 0 Å². The fourth-order valence-corrected chi connectivity index (χ4v) is 4.51. The number of hydrogen-bond acceptors (Lipinski definition) is 2. The van der Waals surface area contributed by atoms with Gasteiger partial charge >= 0.3 is 0 Å². The molecule has 4 rings (SSSR count). The zero-order valence-electron chi connectivity index (χ0n) is 13.9. The predicted octanol–water partition coefficient (Wildman–Crippen LogP) is 5.66. The molecule has 2 aliphatic carbocycles. The smallest absolute Gasteiger partial charge is 0.207 e. The summed E-state index contributed by atoms with van der Waals surface area (Å²) in [7, 11) is -3.87. The highest BCUT2D eigenvalue weighted by Gasteiger charge is 2.48. The van der Waals surface area contributed by atoms with E-state index >= 15 is 0 Å². The maximum absolute atomic E-state index is 13.9. The van der Waals surface area contributed by atoms with Crippen LogP contribution in [0.2, 0.25) is 5.02 Å². The lowest BCUT2D eigenvalue weighted by Crippen LogP contribution is -2.02. The normalized spacial score (nSPS) is 18.6. The Bertz CT molecular complexity index is 1010. The lowest BCUT2D eigenvalue weighted by Gasteiger charge is -2.10. The third-order valence-electron chi connectivity index (χ3n) is 5.40. The van der Waals surface area contributed by atoms with Gasteiger partial charge in [-0.15, -0.1) is 0 Å². The van der Waals surface area contributed by atoms with Gasteiger partial charge in [-0.3, -0.25) is 0 Å². The lowest BCUT2D eigenvalue weighted by atomic mass is 9.97. The first-order valence-electron chi connectivity index (χ1n) is 8.40. The van der Waals surface area contributed by atoms with Crippen LogP contribution in [0.25, 0.3) is 11.1 Å². The van der Waals surface area contributed by atoms with E-state index in [-0.39, 0.29) is 15.3 Å². The molecular formula is C20H17ClF2O2S. The van der Waals surface area contributed by atoms with E-state index in [4.69, 9.17) is 11.6 Å². The van der Waals surface area contributed by atoms with E-state index in [1.165, 1.54) is 18.2 Å². The molecule has 0 bridgehead atoms. The molecule has 26 heavy (non-hydrogen) atoms. The average molecular weight is 395 g/mol. The molecule has 1 saturated carbocycles. The first-order chi connectivity index (χ1) is 12.3. The third kappa shape index (κ3) is 3.08. The molecule has 1 spiro atoms. The molecule has 6 heteroatoms. The molecule has 0 saturated heterocycles. The summed E-state index contributed by atoms with van der Waals surface area (Å²) in [5, 5.41) is 0.0933. The van der Waals surface area contributed by atoms with Gasteiger partial charge in [-0.25, -0.2) is 17.2 Å². The third-order valence-corrected chi connectivity index (χ3v) is 6.98. The molecule has 2 aromatic carbocycles. The molecule has 136 valence electrons. The van der Waals surface area contributed by atoms with Gasteiger partial charge in [0.05, 0.1) is 9.92 Å². The van der Waals surface area contributed by atoms with Crippen LogP contribution in [-0.4, -0.2) is 14.4 Å². The molecule has 0 heterocycles. The Morgan fingerprint density at radius 2 is 1.54 bits per heavy atom. The first kappa shape index (κ1) is 17.7. The summed E-state index contributed by atoms with van der Waals surface area (Å²) in [6, 6.07) is 9.74. The Hall–Kier alpha value is -1.72. The van der Waals surface area contributed by atoms with Crippen molar-refractivity contribution in [2.24, 2.45) is 5.41 Å². The number of benzene rings is 2. The summed E-state index contributed by atoms with van der Waals surface area (Å²) in [5.41, 5.74) is 4.15. The second-order valence-corrected chi connectivity index (χ2v) is 9.51. The van der Waals surface area contributed by atoms with Gasteiger partial charge in [-0.1, -0.05) is 29.8 Å². The van der Waals surface area contributed by atoms with E-state index in [0.717, 1.165) is 48.0 Å². The van der Waals surface area contributed by atoms with Crippen LogP contribution in [0.4, 0.5) is 8.78 Å². The number of hydrogen-bond donors (Lipinski definition) is 0. The molecule has 2 aromatic rings. The predicted molar refractivity (Wildman–Crippen MR) is 98.7 cm³/mol. The van der Waals surface area contributed by atoms with Crippen molar-refractivity contribution < 1.29 is 17.2 Å². The van der Waals surface area contributed by atoms with Crippen molar-refractivity contribution in [3.05, 3.63) is 64.4 Å². The van der Waals surface area contributed by atoms with Gasteiger partial charge in [-0.2, -0.15) is 0 Å². The maximum Gasteiger partial charge on any atom is 0.207 e. The first-order valence-corrected chi connectivity index (χ1v) is 10.4. The van der Waals surface area contributed by atoms with E-state index in [0.29, 0.717) is 0 Å². The van der Waals surface area contributed by atoms with E-state index in [9.17, 15) is 17.2 Å². The van der Waals surface area contributed by atoms with E-state index in [1.54, 1.807) is 18.2 Å². The van der Waals surface area contributed by atoms with E-state index in [2.05, 4.69) is 0 Å². The zero-order chi connectivity index (χ0) is 18.5. The Kier molecular flexibility index (Phi) is 4.20. The second kappa shape index (κ2) is 6.17. The number of halogens is 3. The van der Waals surface area contributed by atoms with Crippen molar-refractivity contribution in [2.45, 2.75) is 30.6 Å². The summed E-state index contributed by atoms with van der Waals surface area (Å²) in [6.45, 7) is 0. The fourth-order valence-electron chi connectivity index (χ4n) is 3.72. The molecular weight excluding hydrogens is 378 g/mol. The van der Waals surface area contributed by atoms with Crippen LogP contribution in [0, 0.1) is 11.2 Å². The molecule has 0 radical (unpaired) electrons. The molecule has 0 atom stereocenters. The Morgan fingerprint density at radius 3 is 2.08 bits per heavy atom. The molecule has 0 aliphatic heterocycles. The van der Waals surface area contributed by atoms with Gasteiger partial charge in [0.2, 0.25) is 9.84 Å². The minimum Gasteiger partial charge on any atom is -0.233 e. The van der Waals surface area contributed by atoms with Crippen LogP contribution < -0.4 is 0 Å². The highest BCUT2D eigenvalue weighted by Crippen LogP contribution is 2.63. The van der Waals surface area contributed by atoms with Gasteiger partial charge in [0.15, 0.2) is 6.01 Å². The molecule has 0 aromatic heterocycles. The minimum atomic E-state index is -3.87. The number of sulfone groups is 1. The van der Waals surface area contributed by atoms with Crippen molar-refractivity contribution in [3.63, 3.8) is 0 Å². The molecule has 0 unspecified atom stereocenters. The Morgan fingerprint density at radius 1 is 0.962 bits per heavy atom. The van der Waals surface area contributed by atoms with Gasteiger partial charge < -0.3 is 0 Å². The molecule has 0 amide bonds. The Labute approximate surface area is 156 Å². The quantitative estimate of drug-likeness (QED) is 0.670. The van der Waals surface area contributed by atoms with Crippen molar-refractivity contribution in [1.29, 1.82) is 0 Å².